The lowest BCUT2D eigenvalue weighted by Gasteiger charge is -2.08. The molecule has 0 saturated carbocycles. The van der Waals surface area contributed by atoms with E-state index in [4.69, 9.17) is 25.5 Å². The van der Waals surface area contributed by atoms with E-state index in [0.29, 0.717) is 33.5 Å². The molecule has 2 heterocycles. The Labute approximate surface area is 165 Å². The summed E-state index contributed by atoms with van der Waals surface area (Å²) in [4.78, 5) is 24.4. The molecule has 3 aromatic rings. The van der Waals surface area contributed by atoms with Gasteiger partial charge in [-0.25, -0.2) is 0 Å². The summed E-state index contributed by atoms with van der Waals surface area (Å²) >= 11 is 5.89. The van der Waals surface area contributed by atoms with Crippen LogP contribution in [-0.4, -0.2) is 18.3 Å². The summed E-state index contributed by atoms with van der Waals surface area (Å²) in [5.41, 5.74) is 1.00. The second-order valence-corrected chi connectivity index (χ2v) is 6.40. The Hall–Kier alpha value is -3.51. The van der Waals surface area contributed by atoms with Crippen LogP contribution in [0.15, 0.2) is 71.0 Å². The summed E-state index contributed by atoms with van der Waals surface area (Å²) in [6, 6.07) is 15.1. The number of furan rings is 1. The molecule has 1 N–H and O–H groups in total. The predicted molar refractivity (Wildman–Crippen MR) is 104 cm³/mol. The first kappa shape index (κ1) is 17.9. The van der Waals surface area contributed by atoms with Gasteiger partial charge in [-0.3, -0.25) is 9.59 Å². The van der Waals surface area contributed by atoms with Gasteiger partial charge in [0.15, 0.2) is 12.4 Å². The number of carbonyl (C=O) groups is 2. The van der Waals surface area contributed by atoms with Crippen LogP contribution in [0.1, 0.15) is 16.1 Å². The van der Waals surface area contributed by atoms with Crippen molar-refractivity contribution < 1.29 is 23.5 Å². The van der Waals surface area contributed by atoms with Crippen molar-refractivity contribution >= 4 is 35.1 Å². The van der Waals surface area contributed by atoms with Crippen LogP contribution in [0, 0.1) is 0 Å². The maximum absolute atomic E-state index is 12.4. The van der Waals surface area contributed by atoms with Crippen molar-refractivity contribution in [3.05, 3.63) is 83.0 Å². The number of benzene rings is 2. The molecule has 0 aliphatic carbocycles. The molecular weight excluding hydrogens is 382 g/mol. The summed E-state index contributed by atoms with van der Waals surface area (Å²) in [6.45, 7) is -0.200. The molecule has 6 nitrogen and oxygen atoms in total. The van der Waals surface area contributed by atoms with Crippen LogP contribution in [-0.2, 0) is 4.79 Å². The fourth-order valence-electron chi connectivity index (χ4n) is 2.67. The molecule has 7 heteroatoms. The molecule has 0 radical (unpaired) electrons. The van der Waals surface area contributed by atoms with Crippen LogP contribution in [0.3, 0.4) is 0 Å². The molecule has 0 fully saturated rings. The molecule has 140 valence electrons. The van der Waals surface area contributed by atoms with Crippen LogP contribution < -0.4 is 14.8 Å². The van der Waals surface area contributed by atoms with Crippen molar-refractivity contribution in [2.24, 2.45) is 0 Å². The zero-order valence-corrected chi connectivity index (χ0v) is 15.2. The highest BCUT2D eigenvalue weighted by Crippen LogP contribution is 2.34. The molecule has 1 aliphatic heterocycles. The average molecular weight is 396 g/mol. The number of hydrogen-bond acceptors (Lipinski definition) is 5. The summed E-state index contributed by atoms with van der Waals surface area (Å²) in [7, 11) is 0. The van der Waals surface area contributed by atoms with E-state index in [1.807, 2.05) is 0 Å². The lowest BCUT2D eigenvalue weighted by atomic mass is 10.1. The molecule has 0 saturated heterocycles. The number of Topliss-reactive ketones (excluding diaryl/α,β-unsaturated/α-hetero) is 1. The fraction of sp³-hybridized carbons (Fsp3) is 0.0476. The van der Waals surface area contributed by atoms with Crippen LogP contribution in [0.25, 0.3) is 6.08 Å². The van der Waals surface area contributed by atoms with Gasteiger partial charge in [-0.1, -0.05) is 17.7 Å². The summed E-state index contributed by atoms with van der Waals surface area (Å²) in [5.74, 6) is 0.892. The van der Waals surface area contributed by atoms with Crippen molar-refractivity contribution in [3.63, 3.8) is 0 Å². The van der Waals surface area contributed by atoms with E-state index in [9.17, 15) is 9.59 Å². The Morgan fingerprint density at radius 2 is 2.04 bits per heavy atom. The summed E-state index contributed by atoms with van der Waals surface area (Å²) in [5, 5.41) is 3.22. The molecular formula is C21H14ClNO5. The van der Waals surface area contributed by atoms with Crippen molar-refractivity contribution in [2.45, 2.75) is 0 Å². The highest BCUT2D eigenvalue weighted by molar-refractivity contribution is 6.30. The molecule has 0 spiro atoms. The molecule has 0 atom stereocenters. The smallest absolute Gasteiger partial charge is 0.262 e. The number of allylic oxidation sites excluding steroid dienone is 1. The van der Waals surface area contributed by atoms with E-state index in [-0.39, 0.29) is 24.1 Å². The van der Waals surface area contributed by atoms with E-state index in [1.165, 1.54) is 12.3 Å². The first-order chi connectivity index (χ1) is 13.6. The number of carbonyl (C=O) groups excluding carboxylic acids is 2. The SMILES string of the molecule is O=C(COc1ccc2c(c1)OC(=Cc1ccco1)C2=O)Nc1cccc(Cl)c1. The highest BCUT2D eigenvalue weighted by atomic mass is 35.5. The molecule has 2 aromatic carbocycles. The van der Waals surface area contributed by atoms with Gasteiger partial charge in [-0.05, 0) is 42.5 Å². The van der Waals surface area contributed by atoms with Crippen LogP contribution in [0.4, 0.5) is 5.69 Å². The third-order valence-corrected chi connectivity index (χ3v) is 4.17. The van der Waals surface area contributed by atoms with E-state index >= 15 is 0 Å². The number of anilines is 1. The molecule has 1 aliphatic rings. The molecule has 1 amide bonds. The van der Waals surface area contributed by atoms with Crippen molar-refractivity contribution in [1.29, 1.82) is 0 Å². The zero-order valence-electron chi connectivity index (χ0n) is 14.5. The fourth-order valence-corrected chi connectivity index (χ4v) is 2.86. The van der Waals surface area contributed by atoms with Crippen LogP contribution in [0.2, 0.25) is 5.02 Å². The number of rotatable bonds is 5. The maximum Gasteiger partial charge on any atom is 0.262 e. The molecule has 0 bridgehead atoms. The summed E-state index contributed by atoms with van der Waals surface area (Å²) < 4.78 is 16.3. The van der Waals surface area contributed by atoms with Gasteiger partial charge in [-0.15, -0.1) is 0 Å². The summed E-state index contributed by atoms with van der Waals surface area (Å²) in [6.07, 6.45) is 3.04. The minimum Gasteiger partial charge on any atom is -0.484 e. The third-order valence-electron chi connectivity index (χ3n) is 3.94. The Morgan fingerprint density at radius 1 is 1.14 bits per heavy atom. The molecule has 4 rings (SSSR count). The van der Waals surface area contributed by atoms with Gasteiger partial charge in [0.1, 0.15) is 17.3 Å². The minimum absolute atomic E-state index is 0.167. The largest absolute Gasteiger partial charge is 0.484 e. The Kier molecular flexibility index (Phi) is 4.87. The van der Waals surface area contributed by atoms with Gasteiger partial charge in [0.25, 0.3) is 5.91 Å². The van der Waals surface area contributed by atoms with E-state index < -0.39 is 0 Å². The van der Waals surface area contributed by atoms with Gasteiger partial charge in [0, 0.05) is 22.9 Å². The first-order valence-corrected chi connectivity index (χ1v) is 8.76. The molecule has 0 unspecified atom stereocenters. The number of halogens is 1. The Bertz CT molecular complexity index is 1070. The van der Waals surface area contributed by atoms with Crippen LogP contribution in [0.5, 0.6) is 11.5 Å². The van der Waals surface area contributed by atoms with Gasteiger partial charge in [0.05, 0.1) is 11.8 Å². The van der Waals surface area contributed by atoms with Gasteiger partial charge < -0.3 is 19.2 Å². The van der Waals surface area contributed by atoms with E-state index in [0.717, 1.165) is 0 Å². The predicted octanol–water partition coefficient (Wildman–Crippen LogP) is 4.57. The molecule has 1 aromatic heterocycles. The number of ether oxygens (including phenoxy) is 2. The average Bonchev–Trinajstić information content (AvgIpc) is 3.29. The Balaban J connectivity index is 1.40. The van der Waals surface area contributed by atoms with E-state index in [1.54, 1.807) is 54.6 Å². The number of fused-ring (bicyclic) bond motifs is 1. The van der Waals surface area contributed by atoms with Gasteiger partial charge >= 0.3 is 0 Å². The van der Waals surface area contributed by atoms with E-state index in [2.05, 4.69) is 5.32 Å². The third kappa shape index (κ3) is 3.92. The number of amides is 1. The topological polar surface area (TPSA) is 77.8 Å². The standard InChI is InChI=1S/C21H14ClNO5/c22-13-3-1-4-14(9-13)23-20(24)12-27-16-6-7-17-18(10-16)28-19(21(17)25)11-15-5-2-8-26-15/h1-11H,12H2,(H,23,24). The van der Waals surface area contributed by atoms with Gasteiger partial charge in [-0.2, -0.15) is 0 Å². The lowest BCUT2D eigenvalue weighted by molar-refractivity contribution is -0.118. The normalized spacial score (nSPS) is 13.9. The number of hydrogen-bond donors (Lipinski definition) is 1. The van der Waals surface area contributed by atoms with Gasteiger partial charge in [0.2, 0.25) is 5.78 Å². The Morgan fingerprint density at radius 3 is 2.82 bits per heavy atom. The zero-order chi connectivity index (χ0) is 19.5. The monoisotopic (exact) mass is 395 g/mol. The second kappa shape index (κ2) is 7.62. The van der Waals surface area contributed by atoms with Crippen molar-refractivity contribution in [2.75, 3.05) is 11.9 Å². The van der Waals surface area contributed by atoms with Crippen LogP contribution >= 0.6 is 11.6 Å². The number of ketones is 1. The van der Waals surface area contributed by atoms with Crippen molar-refractivity contribution in [1.82, 2.24) is 0 Å². The maximum atomic E-state index is 12.4. The first-order valence-electron chi connectivity index (χ1n) is 8.38. The minimum atomic E-state index is -0.335. The number of nitrogens with one attached hydrogen (secondary N) is 1. The highest BCUT2D eigenvalue weighted by Gasteiger charge is 2.28. The van der Waals surface area contributed by atoms with Crippen molar-refractivity contribution in [3.8, 4) is 11.5 Å². The quantitative estimate of drug-likeness (QED) is 0.640. The molecule has 28 heavy (non-hydrogen) atoms. The lowest BCUT2D eigenvalue weighted by Crippen LogP contribution is -2.20. The second-order valence-electron chi connectivity index (χ2n) is 5.96.